The minimum Gasteiger partial charge on any atom is -0.356 e. The van der Waals surface area contributed by atoms with Gasteiger partial charge in [0.05, 0.1) is 0 Å². The number of benzene rings is 1. The summed E-state index contributed by atoms with van der Waals surface area (Å²) in [5.41, 5.74) is 1.45. The van der Waals surface area contributed by atoms with Crippen LogP contribution >= 0.6 is 0 Å². The zero-order valence-corrected chi connectivity index (χ0v) is 17.7. The van der Waals surface area contributed by atoms with Crippen molar-refractivity contribution in [3.05, 3.63) is 35.9 Å². The number of rotatable bonds is 6. The Labute approximate surface area is 170 Å². The van der Waals surface area contributed by atoms with Crippen LogP contribution < -0.4 is 5.32 Å². The number of hydrogen-bond acceptors (Lipinski definition) is 3. The van der Waals surface area contributed by atoms with E-state index in [2.05, 4.69) is 62.3 Å². The third-order valence-electron chi connectivity index (χ3n) is 6.77. The van der Waals surface area contributed by atoms with Gasteiger partial charge in [0, 0.05) is 58.4 Å². The molecule has 5 heteroatoms. The van der Waals surface area contributed by atoms with Crippen LogP contribution in [0, 0.1) is 5.92 Å². The first-order valence-corrected chi connectivity index (χ1v) is 11.3. The van der Waals surface area contributed by atoms with Crippen LogP contribution in [-0.4, -0.2) is 79.6 Å². The summed E-state index contributed by atoms with van der Waals surface area (Å²) in [4.78, 5) is 12.4. The van der Waals surface area contributed by atoms with E-state index in [1.165, 1.54) is 37.9 Å². The third kappa shape index (κ3) is 4.69. The second-order valence-electron chi connectivity index (χ2n) is 8.67. The Bertz CT molecular complexity index is 634. The molecule has 1 aromatic carbocycles. The van der Waals surface area contributed by atoms with E-state index < -0.39 is 0 Å². The van der Waals surface area contributed by atoms with Crippen LogP contribution in [0.1, 0.15) is 44.2 Å². The topological polar surface area (TPSA) is 34.1 Å². The largest absolute Gasteiger partial charge is 0.356 e. The first-order valence-electron chi connectivity index (χ1n) is 11.3. The van der Waals surface area contributed by atoms with E-state index in [0.29, 0.717) is 6.04 Å². The van der Waals surface area contributed by atoms with Gasteiger partial charge < -0.3 is 15.1 Å². The predicted molar refractivity (Wildman–Crippen MR) is 117 cm³/mol. The summed E-state index contributed by atoms with van der Waals surface area (Å²) >= 11 is 0. The van der Waals surface area contributed by atoms with Crippen molar-refractivity contribution in [1.29, 1.82) is 0 Å². The first kappa shape index (κ1) is 19.7. The lowest BCUT2D eigenvalue weighted by atomic mass is 10.0. The molecule has 2 aliphatic heterocycles. The van der Waals surface area contributed by atoms with Gasteiger partial charge in [0.25, 0.3) is 0 Å². The Balaban J connectivity index is 1.25. The second kappa shape index (κ2) is 9.27. The highest BCUT2D eigenvalue weighted by Gasteiger charge is 2.34. The smallest absolute Gasteiger partial charge is 0.193 e. The number of hydrogen-bond donors (Lipinski definition) is 1. The Morgan fingerprint density at radius 1 is 1.07 bits per heavy atom. The Kier molecular flexibility index (Phi) is 6.53. The van der Waals surface area contributed by atoms with E-state index in [4.69, 9.17) is 0 Å². The molecule has 2 heterocycles. The zero-order chi connectivity index (χ0) is 19.3. The SMILES string of the molecule is CCC(c1ccccc1)N1CCN(C(=NC)NCC2CCN(C3CC3)C2)CC1. The molecule has 1 N–H and O–H groups in total. The van der Waals surface area contributed by atoms with E-state index in [9.17, 15) is 0 Å². The summed E-state index contributed by atoms with van der Waals surface area (Å²) in [6, 6.07) is 12.4. The average molecular weight is 384 g/mol. The summed E-state index contributed by atoms with van der Waals surface area (Å²) in [5.74, 6) is 1.87. The van der Waals surface area contributed by atoms with Gasteiger partial charge in [-0.05, 0) is 43.7 Å². The summed E-state index contributed by atoms with van der Waals surface area (Å²) in [6.07, 6.45) is 5.35. The molecule has 0 aromatic heterocycles. The lowest BCUT2D eigenvalue weighted by Crippen LogP contribution is -2.53. The molecule has 1 saturated carbocycles. The zero-order valence-electron chi connectivity index (χ0n) is 17.7. The van der Waals surface area contributed by atoms with Crippen molar-refractivity contribution >= 4 is 5.96 Å². The maximum Gasteiger partial charge on any atom is 0.193 e. The van der Waals surface area contributed by atoms with E-state index in [1.54, 1.807) is 0 Å². The van der Waals surface area contributed by atoms with Crippen molar-refractivity contribution in [2.75, 3.05) is 52.9 Å². The number of nitrogens with zero attached hydrogens (tertiary/aromatic N) is 4. The van der Waals surface area contributed by atoms with Crippen LogP contribution in [0.25, 0.3) is 0 Å². The summed E-state index contributed by atoms with van der Waals surface area (Å²) in [6.45, 7) is 10.3. The van der Waals surface area contributed by atoms with Gasteiger partial charge in [-0.3, -0.25) is 9.89 Å². The number of guanidine groups is 1. The number of likely N-dealkylation sites (tertiary alicyclic amines) is 1. The minimum atomic E-state index is 0.533. The minimum absolute atomic E-state index is 0.533. The monoisotopic (exact) mass is 383 g/mol. The van der Waals surface area contributed by atoms with Crippen molar-refractivity contribution in [1.82, 2.24) is 20.0 Å². The highest BCUT2D eigenvalue weighted by Crippen LogP contribution is 2.31. The van der Waals surface area contributed by atoms with Crippen LogP contribution in [0.5, 0.6) is 0 Å². The molecule has 1 aliphatic carbocycles. The summed E-state index contributed by atoms with van der Waals surface area (Å²) in [5, 5.41) is 3.68. The molecular weight excluding hydrogens is 346 g/mol. The van der Waals surface area contributed by atoms with Gasteiger partial charge in [0.15, 0.2) is 5.96 Å². The molecule has 5 nitrogen and oxygen atoms in total. The van der Waals surface area contributed by atoms with Crippen LogP contribution in [0.15, 0.2) is 35.3 Å². The van der Waals surface area contributed by atoms with Crippen molar-refractivity contribution in [3.8, 4) is 0 Å². The van der Waals surface area contributed by atoms with E-state index in [-0.39, 0.29) is 0 Å². The average Bonchev–Trinajstić information content (AvgIpc) is 3.49. The molecule has 0 bridgehead atoms. The van der Waals surface area contributed by atoms with Crippen LogP contribution in [-0.2, 0) is 0 Å². The number of piperazine rings is 1. The van der Waals surface area contributed by atoms with Crippen molar-refractivity contribution in [2.24, 2.45) is 10.9 Å². The lowest BCUT2D eigenvalue weighted by Gasteiger charge is -2.40. The fourth-order valence-electron chi connectivity index (χ4n) is 4.99. The van der Waals surface area contributed by atoms with Gasteiger partial charge in [-0.25, -0.2) is 0 Å². The van der Waals surface area contributed by atoms with Crippen LogP contribution in [0.4, 0.5) is 0 Å². The highest BCUT2D eigenvalue weighted by molar-refractivity contribution is 5.80. The molecular formula is C23H37N5. The maximum atomic E-state index is 4.59. The van der Waals surface area contributed by atoms with Crippen molar-refractivity contribution in [2.45, 2.75) is 44.7 Å². The van der Waals surface area contributed by atoms with E-state index in [1.807, 2.05) is 7.05 Å². The van der Waals surface area contributed by atoms with Crippen LogP contribution in [0.2, 0.25) is 0 Å². The fourth-order valence-corrected chi connectivity index (χ4v) is 4.99. The molecule has 0 spiro atoms. The van der Waals surface area contributed by atoms with Gasteiger partial charge >= 0.3 is 0 Å². The molecule has 154 valence electrons. The molecule has 2 saturated heterocycles. The Morgan fingerprint density at radius 2 is 1.82 bits per heavy atom. The molecule has 4 rings (SSSR count). The van der Waals surface area contributed by atoms with Gasteiger partial charge in [0.1, 0.15) is 0 Å². The van der Waals surface area contributed by atoms with Crippen LogP contribution in [0.3, 0.4) is 0 Å². The molecule has 0 amide bonds. The van der Waals surface area contributed by atoms with Gasteiger partial charge in [0.2, 0.25) is 0 Å². The molecule has 2 unspecified atom stereocenters. The molecule has 0 radical (unpaired) electrons. The molecule has 3 fully saturated rings. The third-order valence-corrected chi connectivity index (χ3v) is 6.77. The molecule has 2 atom stereocenters. The number of aliphatic imine (C=N–C) groups is 1. The predicted octanol–water partition coefficient (Wildman–Crippen LogP) is 2.82. The molecule has 1 aromatic rings. The summed E-state index contributed by atoms with van der Waals surface area (Å²) < 4.78 is 0. The Hall–Kier alpha value is -1.59. The highest BCUT2D eigenvalue weighted by atomic mass is 15.4. The van der Waals surface area contributed by atoms with Crippen molar-refractivity contribution < 1.29 is 0 Å². The number of nitrogens with one attached hydrogen (secondary N) is 1. The van der Waals surface area contributed by atoms with E-state index >= 15 is 0 Å². The quantitative estimate of drug-likeness (QED) is 0.605. The molecule has 28 heavy (non-hydrogen) atoms. The van der Waals surface area contributed by atoms with E-state index in [0.717, 1.165) is 57.1 Å². The van der Waals surface area contributed by atoms with Gasteiger partial charge in [-0.15, -0.1) is 0 Å². The fraction of sp³-hybridized carbons (Fsp3) is 0.696. The summed E-state index contributed by atoms with van der Waals surface area (Å²) in [7, 11) is 1.93. The Morgan fingerprint density at radius 3 is 2.46 bits per heavy atom. The first-order chi connectivity index (χ1) is 13.8. The lowest BCUT2D eigenvalue weighted by molar-refractivity contribution is 0.126. The van der Waals surface area contributed by atoms with Crippen molar-refractivity contribution in [3.63, 3.8) is 0 Å². The normalized spacial score (nSPS) is 25.9. The van der Waals surface area contributed by atoms with Gasteiger partial charge in [-0.1, -0.05) is 37.3 Å². The standard InChI is InChI=1S/C23H37N5/c1-3-22(20-7-5-4-6-8-20)26-13-15-27(16-14-26)23(24-2)25-17-19-11-12-28(18-19)21-9-10-21/h4-8,19,21-22H,3,9-18H2,1-2H3,(H,24,25). The molecule has 3 aliphatic rings. The maximum absolute atomic E-state index is 4.59. The van der Waals surface area contributed by atoms with Gasteiger partial charge in [-0.2, -0.15) is 0 Å². The second-order valence-corrected chi connectivity index (χ2v) is 8.67.